The predicted molar refractivity (Wildman–Crippen MR) is 91.2 cm³/mol. The van der Waals surface area contributed by atoms with Gasteiger partial charge in [-0.1, -0.05) is 30.3 Å². The van der Waals surface area contributed by atoms with Crippen LogP contribution in [-0.4, -0.2) is 61.7 Å². The molecular weight excluding hydrogens is 270 g/mol. The molecule has 22 heavy (non-hydrogen) atoms. The Morgan fingerprint density at radius 1 is 0.955 bits per heavy atom. The van der Waals surface area contributed by atoms with Gasteiger partial charge in [0, 0.05) is 51.2 Å². The van der Waals surface area contributed by atoms with Crippen molar-refractivity contribution in [1.82, 2.24) is 15.1 Å². The van der Waals surface area contributed by atoms with Crippen LogP contribution in [0.15, 0.2) is 30.3 Å². The Morgan fingerprint density at radius 2 is 1.73 bits per heavy atom. The number of hydrogen-bond donors (Lipinski definition) is 1. The quantitative estimate of drug-likeness (QED) is 0.919. The molecule has 3 aliphatic rings. The van der Waals surface area contributed by atoms with E-state index in [-0.39, 0.29) is 0 Å². The first-order chi connectivity index (χ1) is 10.9. The third-order valence-corrected chi connectivity index (χ3v) is 5.76. The van der Waals surface area contributed by atoms with Crippen molar-refractivity contribution in [3.8, 4) is 0 Å². The number of rotatable bonds is 4. The highest BCUT2D eigenvalue weighted by molar-refractivity contribution is 5.22. The first kappa shape index (κ1) is 14.7. The van der Waals surface area contributed by atoms with Crippen LogP contribution < -0.4 is 5.32 Å². The zero-order valence-electron chi connectivity index (χ0n) is 13.6. The third-order valence-electron chi connectivity index (χ3n) is 5.76. The van der Waals surface area contributed by atoms with Crippen LogP contribution in [0.3, 0.4) is 0 Å². The highest BCUT2D eigenvalue weighted by Crippen LogP contribution is 2.31. The molecule has 0 amide bonds. The number of nitrogens with zero attached hydrogens (tertiary/aromatic N) is 2. The van der Waals surface area contributed by atoms with Gasteiger partial charge >= 0.3 is 0 Å². The molecule has 1 aromatic carbocycles. The lowest BCUT2D eigenvalue weighted by Crippen LogP contribution is -2.55. The molecule has 0 bridgehead atoms. The summed E-state index contributed by atoms with van der Waals surface area (Å²) < 4.78 is 0. The zero-order chi connectivity index (χ0) is 14.8. The molecule has 2 saturated heterocycles. The van der Waals surface area contributed by atoms with Crippen LogP contribution >= 0.6 is 0 Å². The van der Waals surface area contributed by atoms with Crippen molar-refractivity contribution >= 4 is 0 Å². The van der Waals surface area contributed by atoms with Crippen LogP contribution in [0.1, 0.15) is 30.7 Å². The maximum absolute atomic E-state index is 3.61. The molecule has 3 fully saturated rings. The molecule has 0 spiro atoms. The molecule has 4 rings (SSSR count). The molecule has 1 saturated carbocycles. The molecule has 1 aromatic rings. The lowest BCUT2D eigenvalue weighted by Gasteiger charge is -2.44. The molecule has 0 radical (unpaired) electrons. The Morgan fingerprint density at radius 3 is 2.45 bits per heavy atom. The van der Waals surface area contributed by atoms with Gasteiger partial charge in [0.1, 0.15) is 0 Å². The maximum atomic E-state index is 3.61. The van der Waals surface area contributed by atoms with E-state index < -0.39 is 0 Å². The van der Waals surface area contributed by atoms with E-state index in [1.807, 2.05) is 0 Å². The molecule has 2 unspecified atom stereocenters. The third kappa shape index (κ3) is 3.37. The summed E-state index contributed by atoms with van der Waals surface area (Å²) >= 11 is 0. The lowest BCUT2D eigenvalue weighted by molar-refractivity contribution is 0.0699. The maximum Gasteiger partial charge on any atom is 0.0189 e. The van der Waals surface area contributed by atoms with Gasteiger partial charge in [0.15, 0.2) is 0 Å². The number of nitrogens with one attached hydrogen (secondary N) is 1. The topological polar surface area (TPSA) is 18.5 Å². The molecule has 2 atom stereocenters. The summed E-state index contributed by atoms with van der Waals surface area (Å²) in [6.07, 6.45) is 4.25. The van der Waals surface area contributed by atoms with E-state index in [4.69, 9.17) is 0 Å². The van der Waals surface area contributed by atoms with Crippen LogP contribution in [0, 0.1) is 5.92 Å². The Hall–Kier alpha value is -0.900. The Balaban J connectivity index is 1.39. The van der Waals surface area contributed by atoms with Gasteiger partial charge in [0.05, 0.1) is 0 Å². The van der Waals surface area contributed by atoms with E-state index in [1.165, 1.54) is 64.1 Å². The molecule has 1 N–H and O–H groups in total. The number of benzene rings is 1. The van der Waals surface area contributed by atoms with Crippen molar-refractivity contribution in [2.45, 2.75) is 31.2 Å². The fraction of sp³-hybridized carbons (Fsp3) is 0.684. The van der Waals surface area contributed by atoms with Gasteiger partial charge < -0.3 is 10.2 Å². The first-order valence-corrected chi connectivity index (χ1v) is 9.12. The molecule has 1 aliphatic carbocycles. The van der Waals surface area contributed by atoms with Crippen molar-refractivity contribution in [2.24, 2.45) is 5.92 Å². The summed E-state index contributed by atoms with van der Waals surface area (Å²) in [6, 6.07) is 11.9. The molecule has 2 heterocycles. The Labute approximate surface area is 134 Å². The highest BCUT2D eigenvalue weighted by Gasteiger charge is 2.33. The van der Waals surface area contributed by atoms with Crippen molar-refractivity contribution in [2.75, 3.05) is 45.8 Å². The monoisotopic (exact) mass is 299 g/mol. The van der Waals surface area contributed by atoms with E-state index in [1.54, 1.807) is 0 Å². The summed E-state index contributed by atoms with van der Waals surface area (Å²) in [4.78, 5) is 5.48. The smallest absolute Gasteiger partial charge is 0.0189 e. The second-order valence-corrected chi connectivity index (χ2v) is 7.36. The van der Waals surface area contributed by atoms with E-state index in [0.29, 0.717) is 5.92 Å². The van der Waals surface area contributed by atoms with Crippen LogP contribution in [0.5, 0.6) is 0 Å². The second-order valence-electron chi connectivity index (χ2n) is 7.36. The van der Waals surface area contributed by atoms with Gasteiger partial charge in [-0.3, -0.25) is 4.90 Å². The van der Waals surface area contributed by atoms with Crippen molar-refractivity contribution in [3.63, 3.8) is 0 Å². The van der Waals surface area contributed by atoms with Crippen molar-refractivity contribution < 1.29 is 0 Å². The van der Waals surface area contributed by atoms with Crippen LogP contribution in [-0.2, 0) is 0 Å². The van der Waals surface area contributed by atoms with Crippen LogP contribution in [0.2, 0.25) is 0 Å². The number of piperidine rings is 1. The first-order valence-electron chi connectivity index (χ1n) is 9.12. The zero-order valence-corrected chi connectivity index (χ0v) is 13.6. The standard InChI is InChI=1S/C19H29N3/c1-2-4-17(5-3-1)18-14-20-9-8-19(18)22-12-10-21(11-13-22)15-16-6-7-16/h1-5,16,18-20H,6-15H2. The number of piperazine rings is 1. The second kappa shape index (κ2) is 6.69. The molecular formula is C19H29N3. The summed E-state index contributed by atoms with van der Waals surface area (Å²) in [6.45, 7) is 8.76. The van der Waals surface area contributed by atoms with Crippen LogP contribution in [0.4, 0.5) is 0 Å². The average molecular weight is 299 g/mol. The molecule has 120 valence electrons. The Kier molecular flexibility index (Phi) is 4.47. The highest BCUT2D eigenvalue weighted by atomic mass is 15.3. The van der Waals surface area contributed by atoms with E-state index in [0.717, 1.165) is 18.5 Å². The summed E-state index contributed by atoms with van der Waals surface area (Å²) in [5.74, 6) is 1.69. The van der Waals surface area contributed by atoms with E-state index in [9.17, 15) is 0 Å². The normalized spacial score (nSPS) is 31.3. The SMILES string of the molecule is c1ccc(C2CNCCC2N2CCN(CC3CC3)CC2)cc1. The van der Waals surface area contributed by atoms with Gasteiger partial charge in [-0.05, 0) is 37.3 Å². The van der Waals surface area contributed by atoms with Gasteiger partial charge in [-0.15, -0.1) is 0 Å². The minimum Gasteiger partial charge on any atom is -0.316 e. The van der Waals surface area contributed by atoms with Gasteiger partial charge in [0.2, 0.25) is 0 Å². The fourth-order valence-corrected chi connectivity index (χ4v) is 4.27. The lowest BCUT2D eigenvalue weighted by atomic mass is 9.85. The molecule has 2 aliphatic heterocycles. The molecule has 3 nitrogen and oxygen atoms in total. The average Bonchev–Trinajstić information content (AvgIpc) is 3.40. The largest absolute Gasteiger partial charge is 0.316 e. The summed E-state index contributed by atoms with van der Waals surface area (Å²) in [7, 11) is 0. The molecule has 3 heteroatoms. The number of hydrogen-bond acceptors (Lipinski definition) is 3. The minimum atomic E-state index is 0.657. The van der Waals surface area contributed by atoms with Crippen molar-refractivity contribution in [3.05, 3.63) is 35.9 Å². The summed E-state index contributed by atoms with van der Waals surface area (Å²) in [5.41, 5.74) is 1.51. The van der Waals surface area contributed by atoms with E-state index >= 15 is 0 Å². The Bertz CT molecular complexity index is 463. The summed E-state index contributed by atoms with van der Waals surface area (Å²) in [5, 5.41) is 3.61. The fourth-order valence-electron chi connectivity index (χ4n) is 4.27. The van der Waals surface area contributed by atoms with E-state index in [2.05, 4.69) is 45.4 Å². The minimum absolute atomic E-state index is 0.657. The van der Waals surface area contributed by atoms with Crippen LogP contribution in [0.25, 0.3) is 0 Å². The predicted octanol–water partition coefficient (Wildman–Crippen LogP) is 2.16. The van der Waals surface area contributed by atoms with Gasteiger partial charge in [-0.2, -0.15) is 0 Å². The molecule has 0 aromatic heterocycles. The van der Waals surface area contributed by atoms with Crippen molar-refractivity contribution in [1.29, 1.82) is 0 Å². The van der Waals surface area contributed by atoms with Gasteiger partial charge in [0.25, 0.3) is 0 Å². The van der Waals surface area contributed by atoms with Gasteiger partial charge in [-0.25, -0.2) is 0 Å².